The van der Waals surface area contributed by atoms with Gasteiger partial charge in [-0.15, -0.1) is 0 Å². The van der Waals surface area contributed by atoms with Crippen LogP contribution in [0.3, 0.4) is 0 Å². The van der Waals surface area contributed by atoms with E-state index in [4.69, 9.17) is 4.74 Å². The molecule has 2 fully saturated rings. The van der Waals surface area contributed by atoms with E-state index in [9.17, 15) is 13.9 Å². The van der Waals surface area contributed by atoms with Crippen molar-refractivity contribution in [2.45, 2.75) is 96.5 Å². The molecule has 0 bridgehead atoms. The third kappa shape index (κ3) is 5.71. The van der Waals surface area contributed by atoms with Gasteiger partial charge in [-0.25, -0.2) is 4.39 Å². The molecule has 164 valence electrons. The van der Waals surface area contributed by atoms with Crippen LogP contribution in [-0.2, 0) is 0 Å². The lowest BCUT2D eigenvalue weighted by Crippen LogP contribution is -2.29. The molecule has 1 unspecified atom stereocenters. The lowest BCUT2D eigenvalue weighted by atomic mass is 9.72. The van der Waals surface area contributed by atoms with Crippen LogP contribution in [0.4, 0.5) is 8.78 Å². The summed E-state index contributed by atoms with van der Waals surface area (Å²) in [5.74, 6) is 0.255. The average molecular weight is 409 g/mol. The summed E-state index contributed by atoms with van der Waals surface area (Å²) in [5.41, 5.74) is 0.466. The van der Waals surface area contributed by atoms with Crippen molar-refractivity contribution in [3.63, 3.8) is 0 Å². The Morgan fingerprint density at radius 3 is 2.21 bits per heavy atom. The van der Waals surface area contributed by atoms with Gasteiger partial charge in [-0.2, -0.15) is 4.39 Å². The summed E-state index contributed by atoms with van der Waals surface area (Å²) in [6, 6.07) is 3.23. The molecule has 4 heteroatoms. The number of halogens is 2. The highest BCUT2D eigenvalue weighted by Crippen LogP contribution is 2.41. The van der Waals surface area contributed by atoms with E-state index in [0.29, 0.717) is 24.0 Å². The van der Waals surface area contributed by atoms with Gasteiger partial charge in [0.05, 0.1) is 12.7 Å². The number of ether oxygens (including phenoxy) is 1. The van der Waals surface area contributed by atoms with Crippen molar-refractivity contribution in [1.29, 1.82) is 0 Å². The molecule has 0 heterocycles. The van der Waals surface area contributed by atoms with E-state index in [1.807, 2.05) is 0 Å². The summed E-state index contributed by atoms with van der Waals surface area (Å²) < 4.78 is 33.9. The van der Waals surface area contributed by atoms with Crippen molar-refractivity contribution in [2.75, 3.05) is 6.61 Å². The molecule has 0 spiro atoms. The van der Waals surface area contributed by atoms with Crippen molar-refractivity contribution < 1.29 is 18.6 Å². The lowest BCUT2D eigenvalue weighted by molar-refractivity contribution is 0.0497. The van der Waals surface area contributed by atoms with Crippen LogP contribution in [0, 0.1) is 29.4 Å². The molecule has 0 aliphatic heterocycles. The second-order valence-corrected chi connectivity index (χ2v) is 9.30. The van der Waals surface area contributed by atoms with E-state index in [2.05, 4.69) is 6.92 Å². The molecule has 0 amide bonds. The molecular weight excluding hydrogens is 370 g/mol. The Labute approximate surface area is 175 Å². The summed E-state index contributed by atoms with van der Waals surface area (Å²) in [7, 11) is 0. The largest absolute Gasteiger partial charge is 0.491 e. The minimum atomic E-state index is -0.870. The van der Waals surface area contributed by atoms with Crippen LogP contribution in [0.25, 0.3) is 0 Å². The maximum Gasteiger partial charge on any atom is 0.200 e. The Bertz CT molecular complexity index is 632. The SMILES string of the molecule is CCCC1CCC(CC(O)C2CCC(c3ccc(OCC)c(F)c3F)CC2)CC1. The van der Waals surface area contributed by atoms with E-state index >= 15 is 0 Å². The highest BCUT2D eigenvalue weighted by atomic mass is 19.2. The first-order valence-corrected chi connectivity index (χ1v) is 11.8. The van der Waals surface area contributed by atoms with Crippen LogP contribution >= 0.6 is 0 Å². The number of benzene rings is 1. The summed E-state index contributed by atoms with van der Waals surface area (Å²) in [5, 5.41) is 10.8. The minimum absolute atomic E-state index is 0.00786. The highest BCUT2D eigenvalue weighted by Gasteiger charge is 2.31. The normalized spacial score (nSPS) is 28.9. The Balaban J connectivity index is 1.48. The standard InChI is InChI=1S/C25H38F2O2/c1-3-5-17-6-8-18(9-7-17)16-22(28)20-12-10-19(11-13-20)21-14-15-23(29-4-2)25(27)24(21)26/h14-15,17-20,22,28H,3-13,16H2,1-2H3. The zero-order valence-corrected chi connectivity index (χ0v) is 18.1. The van der Waals surface area contributed by atoms with E-state index in [1.165, 1.54) is 38.5 Å². The molecule has 0 aromatic heterocycles. The summed E-state index contributed by atoms with van der Waals surface area (Å²) in [6.07, 6.45) is 11.9. The van der Waals surface area contributed by atoms with Gasteiger partial charge in [0.25, 0.3) is 0 Å². The van der Waals surface area contributed by atoms with Crippen molar-refractivity contribution in [3.8, 4) is 5.75 Å². The third-order valence-corrected chi connectivity index (χ3v) is 7.37. The third-order valence-electron chi connectivity index (χ3n) is 7.37. The molecule has 29 heavy (non-hydrogen) atoms. The summed E-state index contributed by atoms with van der Waals surface area (Å²) >= 11 is 0. The molecule has 1 atom stereocenters. The Hall–Kier alpha value is -1.16. The van der Waals surface area contributed by atoms with E-state index in [1.54, 1.807) is 19.1 Å². The summed E-state index contributed by atoms with van der Waals surface area (Å²) in [4.78, 5) is 0. The molecule has 2 aliphatic rings. The topological polar surface area (TPSA) is 29.5 Å². The first kappa shape index (κ1) is 22.5. The lowest BCUT2D eigenvalue weighted by Gasteiger charge is -2.35. The van der Waals surface area contributed by atoms with Gasteiger partial charge in [0.15, 0.2) is 11.6 Å². The van der Waals surface area contributed by atoms with Crippen LogP contribution in [0.5, 0.6) is 5.75 Å². The first-order valence-electron chi connectivity index (χ1n) is 11.8. The van der Waals surface area contributed by atoms with Gasteiger partial charge in [-0.05, 0) is 74.3 Å². The average Bonchev–Trinajstić information content (AvgIpc) is 2.73. The van der Waals surface area contributed by atoms with Crippen LogP contribution in [0.2, 0.25) is 0 Å². The quantitative estimate of drug-likeness (QED) is 0.502. The molecule has 2 nitrogen and oxygen atoms in total. The number of aliphatic hydroxyl groups is 1. The molecule has 0 radical (unpaired) electrons. The molecular formula is C25H38F2O2. The molecule has 1 aromatic carbocycles. The maximum atomic E-state index is 14.5. The maximum absolute atomic E-state index is 14.5. The Morgan fingerprint density at radius 2 is 1.59 bits per heavy atom. The fourth-order valence-corrected chi connectivity index (χ4v) is 5.64. The van der Waals surface area contributed by atoms with Gasteiger partial charge in [0, 0.05) is 0 Å². The smallest absolute Gasteiger partial charge is 0.200 e. The minimum Gasteiger partial charge on any atom is -0.491 e. The van der Waals surface area contributed by atoms with Crippen LogP contribution in [0.15, 0.2) is 12.1 Å². The monoisotopic (exact) mass is 408 g/mol. The number of aliphatic hydroxyl groups excluding tert-OH is 1. The van der Waals surface area contributed by atoms with E-state index in [-0.39, 0.29) is 17.8 Å². The highest BCUT2D eigenvalue weighted by molar-refractivity contribution is 5.33. The van der Waals surface area contributed by atoms with Crippen molar-refractivity contribution >= 4 is 0 Å². The zero-order chi connectivity index (χ0) is 20.8. The van der Waals surface area contributed by atoms with Crippen LogP contribution in [0.1, 0.15) is 96.0 Å². The zero-order valence-electron chi connectivity index (χ0n) is 18.1. The fraction of sp³-hybridized carbons (Fsp3) is 0.760. The van der Waals surface area contributed by atoms with E-state index in [0.717, 1.165) is 38.0 Å². The molecule has 0 saturated heterocycles. The van der Waals surface area contributed by atoms with Crippen molar-refractivity contribution in [1.82, 2.24) is 0 Å². The van der Waals surface area contributed by atoms with Crippen molar-refractivity contribution in [3.05, 3.63) is 29.3 Å². The van der Waals surface area contributed by atoms with Crippen molar-refractivity contribution in [2.24, 2.45) is 17.8 Å². The molecule has 3 rings (SSSR count). The Morgan fingerprint density at radius 1 is 0.931 bits per heavy atom. The fourth-order valence-electron chi connectivity index (χ4n) is 5.64. The molecule has 1 aromatic rings. The van der Waals surface area contributed by atoms with Crippen LogP contribution in [-0.4, -0.2) is 17.8 Å². The number of rotatable bonds is 8. The summed E-state index contributed by atoms with van der Waals surface area (Å²) in [6.45, 7) is 4.34. The molecule has 2 aliphatic carbocycles. The van der Waals surface area contributed by atoms with Gasteiger partial charge >= 0.3 is 0 Å². The van der Waals surface area contributed by atoms with Gasteiger partial charge in [-0.1, -0.05) is 51.5 Å². The van der Waals surface area contributed by atoms with Gasteiger partial charge in [0.2, 0.25) is 5.82 Å². The first-order chi connectivity index (χ1) is 14.0. The number of hydrogen-bond donors (Lipinski definition) is 1. The van der Waals surface area contributed by atoms with Gasteiger partial charge in [-0.3, -0.25) is 0 Å². The molecule has 1 N–H and O–H groups in total. The molecule has 2 saturated carbocycles. The van der Waals surface area contributed by atoms with Crippen LogP contribution < -0.4 is 4.74 Å². The second-order valence-electron chi connectivity index (χ2n) is 9.30. The predicted octanol–water partition coefficient (Wildman–Crippen LogP) is 6.99. The Kier molecular flexibility index (Phi) is 8.35. The van der Waals surface area contributed by atoms with Gasteiger partial charge in [0.1, 0.15) is 0 Å². The number of hydrogen-bond acceptors (Lipinski definition) is 2. The van der Waals surface area contributed by atoms with Gasteiger partial charge < -0.3 is 9.84 Å². The predicted molar refractivity (Wildman–Crippen MR) is 113 cm³/mol. The second kappa shape index (κ2) is 10.7. The van der Waals surface area contributed by atoms with E-state index < -0.39 is 11.6 Å².